The molecule has 3 aromatic rings. The molecule has 0 aromatic heterocycles. The van der Waals surface area contributed by atoms with Gasteiger partial charge in [-0.25, -0.2) is 9.80 Å². The van der Waals surface area contributed by atoms with E-state index in [1.165, 1.54) is 11.1 Å². The van der Waals surface area contributed by atoms with Crippen LogP contribution in [0.1, 0.15) is 30.5 Å². The summed E-state index contributed by atoms with van der Waals surface area (Å²) in [5, 5.41) is 8.34. The zero-order valence-corrected chi connectivity index (χ0v) is 19.2. The molecule has 0 bridgehead atoms. The van der Waals surface area contributed by atoms with Gasteiger partial charge in [-0.1, -0.05) is 66.8 Å². The normalized spacial score (nSPS) is 15.8. The molecule has 0 N–H and O–H groups in total. The van der Waals surface area contributed by atoms with Crippen molar-refractivity contribution in [2.24, 2.45) is 5.10 Å². The fourth-order valence-corrected chi connectivity index (χ4v) is 3.86. The number of hydrogen-bond donors (Lipinski definition) is 0. The van der Waals surface area contributed by atoms with E-state index in [1.54, 1.807) is 25.3 Å². The number of carbonyl (C=O) groups is 2. The highest BCUT2D eigenvalue weighted by Crippen LogP contribution is 2.34. The van der Waals surface area contributed by atoms with Crippen LogP contribution in [0.4, 0.5) is 0 Å². The molecule has 0 radical (unpaired) electrons. The first-order valence-corrected chi connectivity index (χ1v) is 11.1. The van der Waals surface area contributed by atoms with Crippen LogP contribution in [0.15, 0.2) is 96.1 Å². The average molecular weight is 455 g/mol. The summed E-state index contributed by atoms with van der Waals surface area (Å²) in [6.45, 7) is 1.46. The van der Waals surface area contributed by atoms with Crippen LogP contribution in [0, 0.1) is 0 Å². The van der Waals surface area contributed by atoms with Crippen molar-refractivity contribution >= 4 is 28.4 Å². The molecule has 0 saturated heterocycles. The van der Waals surface area contributed by atoms with Crippen LogP contribution in [0.5, 0.6) is 5.75 Å². The van der Waals surface area contributed by atoms with Gasteiger partial charge in [-0.3, -0.25) is 4.79 Å². The SMILES string of the molecule is CC=CC=CC(=O)OCC(=O)N1N=C(c2ccc3ccccc3c2)CC1c1ccc(OC)cc1. The summed E-state index contributed by atoms with van der Waals surface area (Å²) >= 11 is 0. The van der Waals surface area contributed by atoms with Crippen molar-refractivity contribution in [3.05, 3.63) is 102 Å². The lowest BCUT2D eigenvalue weighted by Gasteiger charge is -2.22. The lowest BCUT2D eigenvalue weighted by molar-refractivity contribution is -0.149. The van der Waals surface area contributed by atoms with Gasteiger partial charge in [0.1, 0.15) is 5.75 Å². The van der Waals surface area contributed by atoms with Gasteiger partial charge in [-0.15, -0.1) is 0 Å². The quantitative estimate of drug-likeness (QED) is 0.280. The standard InChI is InChI=1S/C28H26N2O4/c1-3-4-5-10-28(32)34-19-27(31)30-26(21-13-15-24(33-2)16-14-21)18-25(29-30)23-12-11-20-8-6-7-9-22(20)17-23/h3-17,26H,18-19H2,1-2H3. The van der Waals surface area contributed by atoms with Crippen molar-refractivity contribution in [3.8, 4) is 5.75 Å². The molecule has 1 unspecified atom stereocenters. The summed E-state index contributed by atoms with van der Waals surface area (Å²) < 4.78 is 10.4. The maximum absolute atomic E-state index is 13.1. The monoisotopic (exact) mass is 454 g/mol. The third kappa shape index (κ3) is 5.23. The highest BCUT2D eigenvalue weighted by atomic mass is 16.5. The van der Waals surface area contributed by atoms with Crippen LogP contribution in [-0.2, 0) is 14.3 Å². The molecule has 1 aliphatic rings. The van der Waals surface area contributed by atoms with E-state index in [0.29, 0.717) is 6.42 Å². The molecule has 172 valence electrons. The van der Waals surface area contributed by atoms with Gasteiger partial charge in [0.2, 0.25) is 0 Å². The second kappa shape index (κ2) is 10.6. The van der Waals surface area contributed by atoms with Gasteiger partial charge in [0.25, 0.3) is 5.91 Å². The number of carbonyl (C=O) groups excluding carboxylic acids is 2. The molecule has 6 nitrogen and oxygen atoms in total. The minimum atomic E-state index is -0.578. The number of nitrogens with zero attached hydrogens (tertiary/aromatic N) is 2. The lowest BCUT2D eigenvalue weighted by Crippen LogP contribution is -2.31. The Morgan fingerprint density at radius 3 is 2.53 bits per heavy atom. The number of ether oxygens (including phenoxy) is 2. The molecule has 0 fully saturated rings. The molecule has 0 spiro atoms. The van der Waals surface area contributed by atoms with Crippen LogP contribution in [-0.4, -0.2) is 36.3 Å². The number of methoxy groups -OCH3 is 1. The molecule has 1 heterocycles. The number of amides is 1. The number of fused-ring (bicyclic) bond motifs is 1. The van der Waals surface area contributed by atoms with E-state index in [1.807, 2.05) is 49.4 Å². The molecule has 34 heavy (non-hydrogen) atoms. The van der Waals surface area contributed by atoms with Crippen LogP contribution in [0.3, 0.4) is 0 Å². The van der Waals surface area contributed by atoms with Crippen LogP contribution in [0.2, 0.25) is 0 Å². The summed E-state index contributed by atoms with van der Waals surface area (Å²) in [6, 6.07) is 21.5. The second-order valence-corrected chi connectivity index (χ2v) is 7.83. The van der Waals surface area contributed by atoms with Crippen molar-refractivity contribution in [3.63, 3.8) is 0 Å². The number of benzene rings is 3. The first kappa shape index (κ1) is 23.0. The molecule has 1 atom stereocenters. The molecule has 0 aliphatic carbocycles. The summed E-state index contributed by atoms with van der Waals surface area (Å²) in [5.74, 6) is -0.230. The maximum Gasteiger partial charge on any atom is 0.331 e. The molecular formula is C28H26N2O4. The molecule has 4 rings (SSSR count). The van der Waals surface area contributed by atoms with Gasteiger partial charge in [0, 0.05) is 12.5 Å². The Hall–Kier alpha value is -4.19. The zero-order chi connectivity index (χ0) is 23.9. The van der Waals surface area contributed by atoms with E-state index in [0.717, 1.165) is 33.4 Å². The average Bonchev–Trinajstić information content (AvgIpc) is 3.33. The molecule has 6 heteroatoms. The minimum Gasteiger partial charge on any atom is -0.497 e. The second-order valence-electron chi connectivity index (χ2n) is 7.83. The molecule has 1 aliphatic heterocycles. The summed E-state index contributed by atoms with van der Waals surface area (Å²) in [5.41, 5.74) is 2.69. The zero-order valence-electron chi connectivity index (χ0n) is 19.2. The summed E-state index contributed by atoms with van der Waals surface area (Å²) in [4.78, 5) is 25.0. The van der Waals surface area contributed by atoms with Gasteiger partial charge >= 0.3 is 5.97 Å². The van der Waals surface area contributed by atoms with Crippen LogP contribution >= 0.6 is 0 Å². The highest BCUT2D eigenvalue weighted by Gasteiger charge is 2.33. The van der Waals surface area contributed by atoms with Crippen LogP contribution in [0.25, 0.3) is 10.8 Å². The number of hydrazone groups is 1. The molecule has 1 amide bonds. The first-order valence-electron chi connectivity index (χ1n) is 11.1. The molecular weight excluding hydrogens is 428 g/mol. The fraction of sp³-hybridized carbons (Fsp3) is 0.179. The molecule has 3 aromatic carbocycles. The van der Waals surface area contributed by atoms with E-state index in [2.05, 4.69) is 29.4 Å². The minimum absolute atomic E-state index is 0.308. The summed E-state index contributed by atoms with van der Waals surface area (Å²) in [7, 11) is 1.61. The van der Waals surface area contributed by atoms with Gasteiger partial charge in [-0.05, 0) is 47.0 Å². The Labute approximate surface area is 198 Å². The maximum atomic E-state index is 13.1. The molecule has 0 saturated carbocycles. The Kier molecular flexibility index (Phi) is 7.18. The van der Waals surface area contributed by atoms with Crippen molar-refractivity contribution in [2.75, 3.05) is 13.7 Å². The highest BCUT2D eigenvalue weighted by molar-refractivity contribution is 6.05. The van der Waals surface area contributed by atoms with Crippen molar-refractivity contribution in [1.29, 1.82) is 0 Å². The number of hydrogen-bond acceptors (Lipinski definition) is 5. The summed E-state index contributed by atoms with van der Waals surface area (Å²) in [6.07, 6.45) is 6.90. The lowest BCUT2D eigenvalue weighted by atomic mass is 9.97. The van der Waals surface area contributed by atoms with E-state index >= 15 is 0 Å². The van der Waals surface area contributed by atoms with E-state index < -0.39 is 5.97 Å². The van der Waals surface area contributed by atoms with Gasteiger partial charge in [0.15, 0.2) is 6.61 Å². The van der Waals surface area contributed by atoms with Crippen molar-refractivity contribution in [1.82, 2.24) is 5.01 Å². The smallest absolute Gasteiger partial charge is 0.331 e. The third-order valence-corrected chi connectivity index (χ3v) is 5.62. The van der Waals surface area contributed by atoms with E-state index in [9.17, 15) is 9.59 Å². The van der Waals surface area contributed by atoms with Crippen LogP contribution < -0.4 is 4.74 Å². The van der Waals surface area contributed by atoms with Gasteiger partial charge < -0.3 is 9.47 Å². The third-order valence-electron chi connectivity index (χ3n) is 5.62. The Morgan fingerprint density at radius 1 is 1.03 bits per heavy atom. The van der Waals surface area contributed by atoms with Gasteiger partial charge in [0.05, 0.1) is 18.9 Å². The predicted octanol–water partition coefficient (Wildman–Crippen LogP) is 5.20. The fourth-order valence-electron chi connectivity index (χ4n) is 3.86. The van der Waals surface area contributed by atoms with Crippen molar-refractivity contribution in [2.45, 2.75) is 19.4 Å². The Balaban J connectivity index is 1.59. The topological polar surface area (TPSA) is 68.2 Å². The van der Waals surface area contributed by atoms with Crippen molar-refractivity contribution < 1.29 is 19.1 Å². The van der Waals surface area contributed by atoms with E-state index in [-0.39, 0.29) is 18.6 Å². The largest absolute Gasteiger partial charge is 0.497 e. The number of esters is 1. The Bertz CT molecular complexity index is 1280. The number of rotatable bonds is 7. The first-order chi connectivity index (χ1) is 16.6. The van der Waals surface area contributed by atoms with E-state index in [4.69, 9.17) is 9.47 Å². The predicted molar refractivity (Wildman–Crippen MR) is 133 cm³/mol. The Morgan fingerprint density at radius 2 is 1.79 bits per heavy atom. The number of allylic oxidation sites excluding steroid dienone is 3. The van der Waals surface area contributed by atoms with Gasteiger partial charge in [-0.2, -0.15) is 5.10 Å².